The van der Waals surface area contributed by atoms with E-state index in [0.717, 1.165) is 49.7 Å². The number of aryl methyl sites for hydroxylation is 3. The Morgan fingerprint density at radius 3 is 2.47 bits per heavy atom. The molecule has 2 heterocycles. The molecule has 2 nitrogen and oxygen atoms in total. The van der Waals surface area contributed by atoms with Crippen molar-refractivity contribution in [1.29, 1.82) is 0 Å². The monoisotopic (exact) mass is 417 g/mol. The smallest absolute Gasteiger partial charge is 0.216 e. The van der Waals surface area contributed by atoms with Gasteiger partial charge in [-0.05, 0) is 47.3 Å². The second-order valence-electron chi connectivity index (χ2n) is 8.36. The van der Waals surface area contributed by atoms with Gasteiger partial charge in [0.1, 0.15) is 18.2 Å². The predicted octanol–water partition coefficient (Wildman–Crippen LogP) is 7.51. The quantitative estimate of drug-likeness (QED) is 0.266. The molecule has 32 heavy (non-hydrogen) atoms. The first-order chi connectivity index (χ1) is 16.8. The summed E-state index contributed by atoms with van der Waals surface area (Å²) >= 11 is 0. The van der Waals surface area contributed by atoms with Gasteiger partial charge in [-0.2, -0.15) is 0 Å². The molecule has 0 saturated heterocycles. The highest BCUT2D eigenvalue weighted by Gasteiger charge is 2.23. The first kappa shape index (κ1) is 15.8. The van der Waals surface area contributed by atoms with Crippen molar-refractivity contribution in [3.05, 3.63) is 102 Å². The summed E-state index contributed by atoms with van der Waals surface area (Å²) in [5.41, 5.74) is 6.51. The van der Waals surface area contributed by atoms with Crippen molar-refractivity contribution in [2.45, 2.75) is 13.8 Å². The molecule has 0 spiro atoms. The van der Waals surface area contributed by atoms with Gasteiger partial charge in [0.05, 0.1) is 5.56 Å². The molecule has 0 fully saturated rings. The zero-order chi connectivity index (χ0) is 24.3. The van der Waals surface area contributed by atoms with E-state index in [-0.39, 0.29) is 0 Å². The molecule has 0 saturated carbocycles. The van der Waals surface area contributed by atoms with Crippen LogP contribution in [-0.2, 0) is 7.05 Å². The number of aromatic nitrogens is 1. The highest BCUT2D eigenvalue weighted by atomic mass is 16.3. The van der Waals surface area contributed by atoms with Crippen LogP contribution in [0.1, 0.15) is 15.2 Å². The molecule has 4 aromatic carbocycles. The van der Waals surface area contributed by atoms with E-state index in [1.165, 1.54) is 5.39 Å². The Balaban J connectivity index is 1.70. The second-order valence-corrected chi connectivity index (χ2v) is 8.36. The van der Waals surface area contributed by atoms with Crippen LogP contribution in [0.4, 0.5) is 0 Å². The van der Waals surface area contributed by atoms with Crippen LogP contribution in [0.2, 0.25) is 0 Å². The molecule has 0 bridgehead atoms. The van der Waals surface area contributed by atoms with E-state index in [1.54, 1.807) is 6.20 Å². The Hall–Kier alpha value is -3.91. The Morgan fingerprint density at radius 2 is 1.62 bits per heavy atom. The Labute approximate surface area is 191 Å². The van der Waals surface area contributed by atoms with Crippen LogP contribution in [0.5, 0.6) is 0 Å². The summed E-state index contributed by atoms with van der Waals surface area (Å²) in [5.74, 6) is 0. The van der Waals surface area contributed by atoms with Crippen molar-refractivity contribution >= 4 is 32.7 Å². The molecule has 2 heteroatoms. The second kappa shape index (κ2) is 7.06. The van der Waals surface area contributed by atoms with Gasteiger partial charge >= 0.3 is 0 Å². The van der Waals surface area contributed by atoms with Crippen molar-refractivity contribution < 1.29 is 13.1 Å². The molecule has 0 radical (unpaired) electrons. The molecule has 2 aromatic heterocycles. The normalized spacial score (nSPS) is 13.4. The summed E-state index contributed by atoms with van der Waals surface area (Å²) in [4.78, 5) is 0. The van der Waals surface area contributed by atoms with Crippen LogP contribution >= 0.6 is 0 Å². The lowest BCUT2D eigenvalue weighted by atomic mass is 9.95. The van der Waals surface area contributed by atoms with Crippen molar-refractivity contribution in [3.63, 3.8) is 0 Å². The van der Waals surface area contributed by atoms with Crippen molar-refractivity contribution in [2.24, 2.45) is 7.05 Å². The van der Waals surface area contributed by atoms with Crippen LogP contribution in [0.15, 0.2) is 95.5 Å². The third-order valence-corrected chi connectivity index (χ3v) is 6.35. The highest BCUT2D eigenvalue weighted by Crippen LogP contribution is 2.40. The first-order valence-corrected chi connectivity index (χ1v) is 10.8. The summed E-state index contributed by atoms with van der Waals surface area (Å²) in [6.45, 7) is -0.166. The third-order valence-electron chi connectivity index (χ3n) is 6.35. The van der Waals surface area contributed by atoms with Crippen LogP contribution in [0.3, 0.4) is 0 Å². The molecule has 0 unspecified atom stereocenters. The number of rotatable bonds is 2. The number of nitrogens with zero attached hydrogens (tertiary/aromatic N) is 1. The third kappa shape index (κ3) is 2.76. The number of hydrogen-bond donors (Lipinski definition) is 0. The van der Waals surface area contributed by atoms with Gasteiger partial charge in [0.2, 0.25) is 5.69 Å². The van der Waals surface area contributed by atoms with Crippen molar-refractivity contribution in [1.82, 2.24) is 0 Å². The fourth-order valence-corrected chi connectivity index (χ4v) is 4.78. The van der Waals surface area contributed by atoms with E-state index in [4.69, 9.17) is 8.53 Å². The van der Waals surface area contributed by atoms with Crippen LogP contribution in [0.25, 0.3) is 55.1 Å². The summed E-state index contributed by atoms with van der Waals surface area (Å²) in [5, 5.41) is 4.48. The lowest BCUT2D eigenvalue weighted by Crippen LogP contribution is -2.31. The van der Waals surface area contributed by atoms with E-state index < -0.39 is 6.85 Å². The zero-order valence-corrected chi connectivity index (χ0v) is 18.0. The maximum absolute atomic E-state index is 8.16. The molecule has 0 aliphatic heterocycles. The minimum atomic E-state index is -2.24. The number of pyridine rings is 1. The predicted molar refractivity (Wildman–Crippen MR) is 133 cm³/mol. The molecule has 154 valence electrons. The molecule has 0 atom stereocenters. The Morgan fingerprint density at radius 1 is 0.812 bits per heavy atom. The fourth-order valence-electron chi connectivity index (χ4n) is 4.78. The average Bonchev–Trinajstić information content (AvgIpc) is 3.23. The molecular formula is C30H24NO+. The maximum atomic E-state index is 8.16. The molecule has 0 aliphatic rings. The molecule has 0 aliphatic carbocycles. The lowest BCUT2D eigenvalue weighted by molar-refractivity contribution is -0.660. The molecule has 6 rings (SSSR count). The topological polar surface area (TPSA) is 17.0 Å². The average molecular weight is 418 g/mol. The minimum Gasteiger partial charge on any atom is -0.455 e. The number of fused-ring (bicyclic) bond motifs is 5. The van der Waals surface area contributed by atoms with E-state index >= 15 is 0 Å². The number of hydrogen-bond acceptors (Lipinski definition) is 1. The summed E-state index contributed by atoms with van der Waals surface area (Å²) in [6.07, 6.45) is 1.74. The largest absolute Gasteiger partial charge is 0.455 e. The van der Waals surface area contributed by atoms with Gasteiger partial charge in [-0.15, -0.1) is 0 Å². The van der Waals surface area contributed by atoms with E-state index in [0.29, 0.717) is 11.1 Å². The fraction of sp³-hybridized carbons (Fsp3) is 0.100. The van der Waals surface area contributed by atoms with E-state index in [9.17, 15) is 0 Å². The van der Waals surface area contributed by atoms with Gasteiger partial charge in [-0.1, -0.05) is 72.8 Å². The van der Waals surface area contributed by atoms with Gasteiger partial charge < -0.3 is 4.42 Å². The SMILES string of the molecule is [2H]C([2H])([2H])c1c[n+](C)c(-c2c(C)ccc3c2oc2ccc4ccccc4c23)cc1-c1ccccc1. The van der Waals surface area contributed by atoms with Crippen LogP contribution in [0, 0.1) is 13.8 Å². The number of benzene rings is 4. The first-order valence-electron chi connectivity index (χ1n) is 12.3. The lowest BCUT2D eigenvalue weighted by Gasteiger charge is -2.10. The number of furan rings is 1. The van der Waals surface area contributed by atoms with Crippen LogP contribution < -0.4 is 4.57 Å². The van der Waals surface area contributed by atoms with Gasteiger partial charge in [0.15, 0.2) is 6.20 Å². The molecular weight excluding hydrogens is 390 g/mol. The summed E-state index contributed by atoms with van der Waals surface area (Å²) in [6, 6.07) is 28.4. The Kier molecular flexibility index (Phi) is 3.49. The van der Waals surface area contributed by atoms with Gasteiger partial charge in [0.25, 0.3) is 0 Å². The van der Waals surface area contributed by atoms with E-state index in [1.807, 2.05) is 60.1 Å². The minimum absolute atomic E-state index is 0.329. The molecule has 6 aromatic rings. The highest BCUT2D eigenvalue weighted by molar-refractivity contribution is 6.20. The van der Waals surface area contributed by atoms with E-state index in [2.05, 4.69) is 43.3 Å². The van der Waals surface area contributed by atoms with Crippen LogP contribution in [-0.4, -0.2) is 0 Å². The van der Waals surface area contributed by atoms with Crippen molar-refractivity contribution in [3.8, 4) is 22.4 Å². The summed E-state index contributed by atoms with van der Waals surface area (Å²) in [7, 11) is 1.90. The maximum Gasteiger partial charge on any atom is 0.216 e. The Bertz CT molecular complexity index is 1750. The summed E-state index contributed by atoms with van der Waals surface area (Å²) < 4.78 is 32.9. The standard InChI is InChI=1S/C30H24NO/c1-19-13-15-24-29-23-12-8-7-11-22(23)14-16-27(29)32-30(24)28(19)26-17-25(20(2)18-31(26)3)21-9-5-4-6-10-21/h4-18H,1-3H3/q+1/i2D3. The molecule has 0 N–H and O–H groups in total. The van der Waals surface area contributed by atoms with Gasteiger partial charge in [0, 0.05) is 26.5 Å². The zero-order valence-electron chi connectivity index (χ0n) is 21.0. The molecule has 0 amide bonds. The van der Waals surface area contributed by atoms with Gasteiger partial charge in [-0.3, -0.25) is 0 Å². The van der Waals surface area contributed by atoms with Crippen molar-refractivity contribution in [2.75, 3.05) is 0 Å². The van der Waals surface area contributed by atoms with Gasteiger partial charge in [-0.25, -0.2) is 4.57 Å².